The van der Waals surface area contributed by atoms with Crippen LogP contribution in [0.15, 0.2) is 4.99 Å². The predicted molar refractivity (Wildman–Crippen MR) is 104 cm³/mol. The zero-order valence-electron chi connectivity index (χ0n) is 16.6. The van der Waals surface area contributed by atoms with Gasteiger partial charge in [-0.05, 0) is 32.6 Å². The van der Waals surface area contributed by atoms with Crippen molar-refractivity contribution in [2.75, 3.05) is 46.8 Å². The first-order valence-electron chi connectivity index (χ1n) is 10.0. The third kappa shape index (κ3) is 5.35. The number of guanidine groups is 1. The Morgan fingerprint density at radius 1 is 1.23 bits per heavy atom. The average Bonchev–Trinajstić information content (AvgIpc) is 3.25. The van der Waals surface area contributed by atoms with E-state index in [0.29, 0.717) is 13.0 Å². The van der Waals surface area contributed by atoms with Gasteiger partial charge in [0.1, 0.15) is 0 Å². The monoisotopic (exact) mass is 365 g/mol. The molecule has 1 heterocycles. The van der Waals surface area contributed by atoms with Crippen molar-refractivity contribution < 1.29 is 9.59 Å². The van der Waals surface area contributed by atoms with Gasteiger partial charge in [0.05, 0.1) is 12.0 Å². The summed E-state index contributed by atoms with van der Waals surface area (Å²) >= 11 is 0. The van der Waals surface area contributed by atoms with Crippen LogP contribution in [-0.4, -0.2) is 74.4 Å². The molecule has 1 aliphatic heterocycles. The van der Waals surface area contributed by atoms with E-state index in [-0.39, 0.29) is 17.2 Å². The van der Waals surface area contributed by atoms with Crippen molar-refractivity contribution in [3.8, 4) is 0 Å². The van der Waals surface area contributed by atoms with Crippen LogP contribution in [-0.2, 0) is 9.59 Å². The highest BCUT2D eigenvalue weighted by Crippen LogP contribution is 2.39. The van der Waals surface area contributed by atoms with Crippen molar-refractivity contribution in [1.29, 1.82) is 0 Å². The molecule has 0 atom stereocenters. The fraction of sp³-hybridized carbons (Fsp3) is 0.842. The number of amides is 2. The number of carbonyl (C=O) groups is 2. The lowest BCUT2D eigenvalue weighted by molar-refractivity contribution is -0.138. The second-order valence-corrected chi connectivity index (χ2v) is 7.65. The second kappa shape index (κ2) is 9.78. The minimum Gasteiger partial charge on any atom is -0.357 e. The number of hydrogen-bond acceptors (Lipinski definition) is 3. The molecule has 7 nitrogen and oxygen atoms in total. The Labute approximate surface area is 157 Å². The van der Waals surface area contributed by atoms with Crippen molar-refractivity contribution in [1.82, 2.24) is 20.4 Å². The van der Waals surface area contributed by atoms with Crippen molar-refractivity contribution in [2.45, 2.75) is 51.9 Å². The first-order chi connectivity index (χ1) is 12.5. The van der Waals surface area contributed by atoms with Crippen LogP contribution in [0.2, 0.25) is 0 Å². The van der Waals surface area contributed by atoms with Crippen molar-refractivity contribution in [3.05, 3.63) is 0 Å². The first-order valence-corrected chi connectivity index (χ1v) is 10.0. The van der Waals surface area contributed by atoms with Gasteiger partial charge in [0.2, 0.25) is 11.8 Å². The van der Waals surface area contributed by atoms with Gasteiger partial charge >= 0.3 is 0 Å². The van der Waals surface area contributed by atoms with Gasteiger partial charge < -0.3 is 20.4 Å². The standard InChI is InChI=1S/C19H35N5O2/c1-4-20-18(21-12-8-14-24-13-7-9-16(24)25)22-15-19(10-5-6-11-19)17(26)23(2)3/h4-15H2,1-3H3,(H2,20,21,22). The number of carbonyl (C=O) groups excluding carboxylic acids is 2. The molecule has 2 fully saturated rings. The molecule has 0 unspecified atom stereocenters. The van der Waals surface area contributed by atoms with Gasteiger partial charge in [-0.3, -0.25) is 14.6 Å². The predicted octanol–water partition coefficient (Wildman–Crippen LogP) is 1.20. The Bertz CT molecular complexity index is 512. The Balaban J connectivity index is 1.86. The fourth-order valence-corrected chi connectivity index (χ4v) is 3.96. The zero-order valence-corrected chi connectivity index (χ0v) is 16.6. The molecular weight excluding hydrogens is 330 g/mol. The van der Waals surface area contributed by atoms with Gasteiger partial charge in [0, 0.05) is 46.7 Å². The van der Waals surface area contributed by atoms with Crippen LogP contribution >= 0.6 is 0 Å². The van der Waals surface area contributed by atoms with E-state index in [9.17, 15) is 9.59 Å². The SMILES string of the molecule is CCNC(=NCC1(C(=O)N(C)C)CCCC1)NCCCN1CCCC1=O. The van der Waals surface area contributed by atoms with Gasteiger partial charge in [0.15, 0.2) is 5.96 Å². The molecule has 2 N–H and O–H groups in total. The molecule has 2 aliphatic rings. The summed E-state index contributed by atoms with van der Waals surface area (Å²) in [4.78, 5) is 32.7. The molecule has 7 heteroatoms. The summed E-state index contributed by atoms with van der Waals surface area (Å²) in [5.74, 6) is 1.23. The quantitative estimate of drug-likeness (QED) is 0.385. The van der Waals surface area contributed by atoms with Crippen molar-refractivity contribution in [3.63, 3.8) is 0 Å². The lowest BCUT2D eigenvalue weighted by Crippen LogP contribution is -2.43. The van der Waals surface area contributed by atoms with Gasteiger partial charge in [-0.15, -0.1) is 0 Å². The van der Waals surface area contributed by atoms with Gasteiger partial charge in [-0.2, -0.15) is 0 Å². The van der Waals surface area contributed by atoms with E-state index in [1.165, 1.54) is 0 Å². The highest BCUT2D eigenvalue weighted by molar-refractivity contribution is 5.84. The Hall–Kier alpha value is -1.79. The highest BCUT2D eigenvalue weighted by Gasteiger charge is 2.42. The summed E-state index contributed by atoms with van der Waals surface area (Å²) in [6.07, 6.45) is 6.62. The summed E-state index contributed by atoms with van der Waals surface area (Å²) in [7, 11) is 3.66. The number of likely N-dealkylation sites (tertiary alicyclic amines) is 1. The highest BCUT2D eigenvalue weighted by atomic mass is 16.2. The molecule has 1 saturated carbocycles. The molecular formula is C19H35N5O2. The average molecular weight is 366 g/mol. The summed E-state index contributed by atoms with van der Waals surface area (Å²) < 4.78 is 0. The maximum absolute atomic E-state index is 12.7. The maximum atomic E-state index is 12.7. The normalized spacial score (nSPS) is 19.7. The molecule has 0 aromatic rings. The van der Waals surface area contributed by atoms with Crippen LogP contribution < -0.4 is 10.6 Å². The van der Waals surface area contributed by atoms with E-state index in [4.69, 9.17) is 4.99 Å². The van der Waals surface area contributed by atoms with Crippen molar-refractivity contribution >= 4 is 17.8 Å². The molecule has 1 aliphatic carbocycles. The van der Waals surface area contributed by atoms with Crippen LogP contribution in [0.1, 0.15) is 51.9 Å². The minimum absolute atomic E-state index is 0.196. The van der Waals surface area contributed by atoms with Crippen LogP contribution in [0.25, 0.3) is 0 Å². The molecule has 148 valence electrons. The summed E-state index contributed by atoms with van der Waals surface area (Å²) in [5, 5.41) is 6.61. The molecule has 2 amide bonds. The van der Waals surface area contributed by atoms with E-state index < -0.39 is 0 Å². The van der Waals surface area contributed by atoms with Gasteiger partial charge in [0.25, 0.3) is 0 Å². The molecule has 0 spiro atoms. The smallest absolute Gasteiger partial charge is 0.230 e. The Kier molecular flexibility index (Phi) is 7.72. The Morgan fingerprint density at radius 2 is 1.96 bits per heavy atom. The molecule has 26 heavy (non-hydrogen) atoms. The number of aliphatic imine (C=N–C) groups is 1. The number of nitrogens with one attached hydrogen (secondary N) is 2. The third-order valence-corrected chi connectivity index (χ3v) is 5.37. The van der Waals surface area contributed by atoms with Crippen LogP contribution in [0.4, 0.5) is 0 Å². The summed E-state index contributed by atoms with van der Waals surface area (Å²) in [6.45, 7) is 5.81. The lowest BCUT2D eigenvalue weighted by atomic mass is 9.85. The molecule has 1 saturated heterocycles. The van der Waals surface area contributed by atoms with Crippen LogP contribution in [0.5, 0.6) is 0 Å². The summed E-state index contributed by atoms with van der Waals surface area (Å²) in [6, 6.07) is 0. The number of hydrogen-bond donors (Lipinski definition) is 2. The van der Waals surface area contributed by atoms with Crippen LogP contribution in [0.3, 0.4) is 0 Å². The van der Waals surface area contributed by atoms with E-state index in [1.54, 1.807) is 4.90 Å². The number of nitrogens with zero attached hydrogens (tertiary/aromatic N) is 3. The van der Waals surface area contributed by atoms with E-state index >= 15 is 0 Å². The zero-order chi connectivity index (χ0) is 19.0. The fourth-order valence-electron chi connectivity index (χ4n) is 3.96. The third-order valence-electron chi connectivity index (χ3n) is 5.37. The minimum atomic E-state index is -0.339. The lowest BCUT2D eigenvalue weighted by Gasteiger charge is -2.29. The number of rotatable bonds is 8. The van der Waals surface area contributed by atoms with Gasteiger partial charge in [-0.1, -0.05) is 12.8 Å². The van der Waals surface area contributed by atoms with Gasteiger partial charge in [-0.25, -0.2) is 0 Å². The largest absolute Gasteiger partial charge is 0.357 e. The Morgan fingerprint density at radius 3 is 2.54 bits per heavy atom. The molecule has 2 rings (SSSR count). The molecule has 0 bridgehead atoms. The van der Waals surface area contributed by atoms with E-state index in [1.807, 2.05) is 25.9 Å². The van der Waals surface area contributed by atoms with Crippen molar-refractivity contribution in [2.24, 2.45) is 10.4 Å². The molecule has 0 aromatic carbocycles. The summed E-state index contributed by atoms with van der Waals surface area (Å²) in [5.41, 5.74) is -0.339. The van der Waals surface area contributed by atoms with E-state index in [2.05, 4.69) is 10.6 Å². The topological polar surface area (TPSA) is 77.0 Å². The first kappa shape index (κ1) is 20.5. The molecule has 0 aromatic heterocycles. The van der Waals surface area contributed by atoms with Crippen LogP contribution in [0, 0.1) is 5.41 Å². The van der Waals surface area contributed by atoms with E-state index in [0.717, 1.165) is 70.7 Å². The maximum Gasteiger partial charge on any atom is 0.230 e. The second-order valence-electron chi connectivity index (χ2n) is 7.65. The molecule has 0 radical (unpaired) electrons.